The number of halogens is 2. The lowest BCUT2D eigenvalue weighted by Gasteiger charge is -2.57. The molecule has 0 aliphatic heterocycles. The minimum atomic E-state index is -0.921. The predicted molar refractivity (Wildman–Crippen MR) is 88.1 cm³/mol. The van der Waals surface area contributed by atoms with Gasteiger partial charge in [-0.25, -0.2) is 0 Å². The van der Waals surface area contributed by atoms with Crippen LogP contribution in [0, 0.1) is 5.41 Å². The molecule has 2 unspecified atom stereocenters. The van der Waals surface area contributed by atoms with Gasteiger partial charge in [-0.05, 0) is 25.1 Å². The van der Waals surface area contributed by atoms with E-state index < -0.39 is 11.0 Å². The summed E-state index contributed by atoms with van der Waals surface area (Å²) in [6.45, 7) is 6.50. The van der Waals surface area contributed by atoms with Crippen LogP contribution in [0.2, 0.25) is 5.02 Å². The fraction of sp³-hybridized carbons (Fsp3) is 0.533. The summed E-state index contributed by atoms with van der Waals surface area (Å²) in [4.78, 5) is 12.5. The van der Waals surface area contributed by atoms with E-state index >= 15 is 0 Å². The van der Waals surface area contributed by atoms with Gasteiger partial charge in [0.1, 0.15) is 5.54 Å². The molecule has 1 aromatic carbocycles. The Balaban J connectivity index is 0.00000220. The van der Waals surface area contributed by atoms with Gasteiger partial charge in [-0.1, -0.05) is 31.5 Å². The molecule has 2 atom stereocenters. The Hall–Kier alpha value is -0.810. The predicted octanol–water partition coefficient (Wildman–Crippen LogP) is 3.23. The van der Waals surface area contributed by atoms with Crippen LogP contribution in [0.1, 0.15) is 27.2 Å². The number of carbonyl (C=O) groups is 1. The van der Waals surface area contributed by atoms with Crippen LogP contribution >= 0.6 is 24.0 Å². The number of carbonyl (C=O) groups excluding carboxylic acids is 1. The molecule has 2 rings (SSSR count). The van der Waals surface area contributed by atoms with Crippen LogP contribution in [0.3, 0.4) is 0 Å². The summed E-state index contributed by atoms with van der Waals surface area (Å²) in [5.74, 6) is -0.194. The first-order chi connectivity index (χ1) is 9.31. The van der Waals surface area contributed by atoms with Gasteiger partial charge in [-0.2, -0.15) is 0 Å². The highest BCUT2D eigenvalue weighted by Crippen LogP contribution is 2.50. The Labute approximate surface area is 136 Å². The van der Waals surface area contributed by atoms with Crippen LogP contribution < -0.4 is 11.1 Å². The summed E-state index contributed by atoms with van der Waals surface area (Å²) in [6.07, 6.45) is 0.544. The summed E-state index contributed by atoms with van der Waals surface area (Å²) in [5, 5.41) is 3.42. The zero-order chi connectivity index (χ0) is 15.0. The Morgan fingerprint density at radius 2 is 2.19 bits per heavy atom. The summed E-state index contributed by atoms with van der Waals surface area (Å²) in [5.41, 5.74) is 5.64. The molecular formula is C15H22Cl2N2O2. The number of nitrogens with one attached hydrogen (secondary N) is 1. The molecule has 118 valence electrons. The summed E-state index contributed by atoms with van der Waals surface area (Å²) in [6, 6.07) is 7.04. The Bertz CT molecular complexity index is 522. The van der Waals surface area contributed by atoms with Crippen LogP contribution in [0.15, 0.2) is 24.3 Å². The van der Waals surface area contributed by atoms with Gasteiger partial charge >= 0.3 is 0 Å². The van der Waals surface area contributed by atoms with Crippen LogP contribution in [0.5, 0.6) is 0 Å². The lowest BCUT2D eigenvalue weighted by atomic mass is 9.54. The molecular weight excluding hydrogens is 311 g/mol. The largest absolute Gasteiger partial charge is 0.378 e. The molecule has 0 aromatic heterocycles. The Morgan fingerprint density at radius 3 is 2.71 bits per heavy atom. The molecule has 0 spiro atoms. The van der Waals surface area contributed by atoms with Crippen LogP contribution in [-0.4, -0.2) is 24.2 Å². The van der Waals surface area contributed by atoms with Crippen molar-refractivity contribution in [1.29, 1.82) is 0 Å². The van der Waals surface area contributed by atoms with E-state index in [4.69, 9.17) is 22.1 Å². The lowest BCUT2D eigenvalue weighted by Crippen LogP contribution is -2.74. The number of benzene rings is 1. The SMILES string of the molecule is CCOC1CC(N)(C(=O)Nc2cccc(Cl)c2)C1(C)C.Cl. The number of hydrogen-bond donors (Lipinski definition) is 2. The molecule has 0 bridgehead atoms. The number of amides is 1. The average Bonchev–Trinajstić information content (AvgIpc) is 2.38. The van der Waals surface area contributed by atoms with Crippen molar-refractivity contribution in [2.45, 2.75) is 38.8 Å². The molecule has 21 heavy (non-hydrogen) atoms. The monoisotopic (exact) mass is 332 g/mol. The van der Waals surface area contributed by atoms with E-state index in [0.29, 0.717) is 23.7 Å². The van der Waals surface area contributed by atoms with Gasteiger partial charge in [-0.3, -0.25) is 4.79 Å². The van der Waals surface area contributed by atoms with Crippen molar-refractivity contribution in [3.8, 4) is 0 Å². The lowest BCUT2D eigenvalue weighted by molar-refractivity contribution is -0.166. The van der Waals surface area contributed by atoms with E-state index in [2.05, 4.69) is 5.32 Å². The number of ether oxygens (including phenoxy) is 1. The van der Waals surface area contributed by atoms with E-state index in [9.17, 15) is 4.79 Å². The second kappa shape index (κ2) is 6.53. The molecule has 1 amide bonds. The molecule has 1 aromatic rings. The molecule has 0 heterocycles. The first-order valence-electron chi connectivity index (χ1n) is 6.79. The first kappa shape index (κ1) is 18.2. The zero-order valence-electron chi connectivity index (χ0n) is 12.5. The number of anilines is 1. The number of hydrogen-bond acceptors (Lipinski definition) is 3. The number of rotatable bonds is 4. The van der Waals surface area contributed by atoms with E-state index in [1.165, 1.54) is 0 Å². The quantitative estimate of drug-likeness (QED) is 0.889. The average molecular weight is 333 g/mol. The fourth-order valence-electron chi connectivity index (χ4n) is 2.63. The minimum absolute atomic E-state index is 0. The third-order valence-corrected chi connectivity index (χ3v) is 4.55. The third-order valence-electron chi connectivity index (χ3n) is 4.32. The normalized spacial score (nSPS) is 26.4. The first-order valence-corrected chi connectivity index (χ1v) is 7.16. The van der Waals surface area contributed by atoms with Crippen molar-refractivity contribution in [2.75, 3.05) is 11.9 Å². The van der Waals surface area contributed by atoms with Crippen LogP contribution in [0.4, 0.5) is 5.69 Å². The van der Waals surface area contributed by atoms with Gasteiger partial charge < -0.3 is 15.8 Å². The van der Waals surface area contributed by atoms with Gasteiger partial charge in [0.15, 0.2) is 0 Å². The highest BCUT2D eigenvalue weighted by atomic mass is 35.5. The Kier molecular flexibility index (Phi) is 5.67. The molecule has 1 fully saturated rings. The Morgan fingerprint density at radius 1 is 1.52 bits per heavy atom. The van der Waals surface area contributed by atoms with E-state index in [-0.39, 0.29) is 24.4 Å². The standard InChI is InChI=1S/C15H21ClN2O2.ClH/c1-4-20-12-9-15(17,14(12,2)3)13(19)18-11-7-5-6-10(16)8-11;/h5-8,12H,4,9,17H2,1-3H3,(H,18,19);1H. The maximum Gasteiger partial charge on any atom is 0.245 e. The van der Waals surface area contributed by atoms with E-state index in [1.54, 1.807) is 24.3 Å². The highest BCUT2D eigenvalue weighted by molar-refractivity contribution is 6.30. The molecule has 1 saturated carbocycles. The van der Waals surface area contributed by atoms with Gasteiger partial charge in [0.2, 0.25) is 5.91 Å². The smallest absolute Gasteiger partial charge is 0.245 e. The molecule has 4 nitrogen and oxygen atoms in total. The van der Waals surface area contributed by atoms with Gasteiger partial charge in [-0.15, -0.1) is 12.4 Å². The molecule has 1 aliphatic rings. The minimum Gasteiger partial charge on any atom is -0.378 e. The summed E-state index contributed by atoms with van der Waals surface area (Å²) in [7, 11) is 0. The van der Waals surface area contributed by atoms with Gasteiger partial charge in [0.25, 0.3) is 0 Å². The van der Waals surface area contributed by atoms with Crippen molar-refractivity contribution in [3.63, 3.8) is 0 Å². The summed E-state index contributed by atoms with van der Waals surface area (Å²) < 4.78 is 5.63. The second-order valence-electron chi connectivity index (χ2n) is 5.81. The van der Waals surface area contributed by atoms with Crippen molar-refractivity contribution in [1.82, 2.24) is 0 Å². The van der Waals surface area contributed by atoms with E-state index in [1.807, 2.05) is 20.8 Å². The summed E-state index contributed by atoms with van der Waals surface area (Å²) >= 11 is 5.91. The van der Waals surface area contributed by atoms with Gasteiger partial charge in [0.05, 0.1) is 6.10 Å². The highest BCUT2D eigenvalue weighted by Gasteiger charge is 2.62. The maximum atomic E-state index is 12.5. The van der Waals surface area contributed by atoms with Crippen molar-refractivity contribution in [3.05, 3.63) is 29.3 Å². The van der Waals surface area contributed by atoms with Crippen LogP contribution in [-0.2, 0) is 9.53 Å². The second-order valence-corrected chi connectivity index (χ2v) is 6.24. The fourth-order valence-corrected chi connectivity index (χ4v) is 2.82. The molecule has 3 N–H and O–H groups in total. The topological polar surface area (TPSA) is 64.3 Å². The van der Waals surface area contributed by atoms with Crippen molar-refractivity contribution in [2.24, 2.45) is 11.1 Å². The number of nitrogens with two attached hydrogens (primary N) is 1. The van der Waals surface area contributed by atoms with Gasteiger partial charge in [0, 0.05) is 29.2 Å². The van der Waals surface area contributed by atoms with Crippen molar-refractivity contribution >= 4 is 35.6 Å². The molecule has 6 heteroatoms. The third kappa shape index (κ3) is 3.19. The van der Waals surface area contributed by atoms with Crippen molar-refractivity contribution < 1.29 is 9.53 Å². The molecule has 0 saturated heterocycles. The van der Waals surface area contributed by atoms with E-state index in [0.717, 1.165) is 0 Å². The maximum absolute atomic E-state index is 12.5. The van der Waals surface area contributed by atoms with Crippen LogP contribution in [0.25, 0.3) is 0 Å². The molecule has 0 radical (unpaired) electrons. The zero-order valence-corrected chi connectivity index (χ0v) is 14.1. The molecule has 1 aliphatic carbocycles.